The maximum Gasteiger partial charge on any atom is 0.416 e. The molecule has 0 radical (unpaired) electrons. The van der Waals surface area contributed by atoms with E-state index >= 15 is 0 Å². The molecule has 2 aliphatic heterocycles. The molecule has 3 heterocycles. The van der Waals surface area contributed by atoms with Crippen molar-refractivity contribution in [3.63, 3.8) is 0 Å². The van der Waals surface area contributed by atoms with Crippen molar-refractivity contribution in [2.24, 2.45) is 4.99 Å². The molecule has 4 aromatic rings. The number of nitrogen functional groups attached to an aromatic ring is 1. The van der Waals surface area contributed by atoms with Gasteiger partial charge < -0.3 is 24.8 Å². The lowest BCUT2D eigenvalue weighted by Gasteiger charge is -2.37. The molecule has 1 amide bonds. The lowest BCUT2D eigenvalue weighted by molar-refractivity contribution is -0.137. The number of hydrogen-bond acceptors (Lipinski definition) is 10. The lowest BCUT2D eigenvalue weighted by Crippen LogP contribution is -2.51. The number of carbonyl (C=O) groups is 1. The number of halogens is 4. The molecule has 15 heteroatoms. The van der Waals surface area contributed by atoms with Gasteiger partial charge in [0.25, 0.3) is 11.9 Å². The summed E-state index contributed by atoms with van der Waals surface area (Å²) in [5.41, 5.74) is 8.19. The number of aromatic nitrogens is 2. The third kappa shape index (κ3) is 6.92. The second kappa shape index (κ2) is 13.6. The molecule has 1 aromatic heterocycles. The molecule has 1 fully saturated rings. The standard InChI is InChI=1S/C34H33F4N7O4/c1-47-27-14-20(15-28(48-2)30(27)49-3)13-21-18-40-33(42-31(21)39)41-29-25-17-23(35)7-8-26(25)45(32(29)46)19-43-9-11-44(12-10-43)24-6-4-5-22(16-24)34(36,37)38/h4-8,14-18H,9-13,19H2,1-3H3,(H2,39,40,42). The molecule has 11 nitrogen and oxygen atoms in total. The Labute approximate surface area is 279 Å². The first-order valence-electron chi connectivity index (χ1n) is 15.2. The van der Waals surface area contributed by atoms with Gasteiger partial charge in [-0.2, -0.15) is 18.2 Å². The largest absolute Gasteiger partial charge is 0.493 e. The molecule has 6 rings (SSSR count). The lowest BCUT2D eigenvalue weighted by atomic mass is 10.1. The average Bonchev–Trinajstić information content (AvgIpc) is 3.34. The number of alkyl halides is 3. The van der Waals surface area contributed by atoms with Crippen LogP contribution >= 0.6 is 0 Å². The van der Waals surface area contributed by atoms with E-state index < -0.39 is 23.5 Å². The molecular formula is C34H33F4N7O4. The summed E-state index contributed by atoms with van der Waals surface area (Å²) in [6.07, 6.45) is -2.58. The molecule has 2 N–H and O–H groups in total. The molecule has 49 heavy (non-hydrogen) atoms. The van der Waals surface area contributed by atoms with E-state index in [1.807, 2.05) is 9.80 Å². The Hall–Kier alpha value is -5.44. The summed E-state index contributed by atoms with van der Waals surface area (Å²) in [7, 11) is 4.56. The first-order valence-corrected chi connectivity index (χ1v) is 15.2. The predicted molar refractivity (Wildman–Crippen MR) is 176 cm³/mol. The second-order valence-electron chi connectivity index (χ2n) is 11.4. The van der Waals surface area contributed by atoms with Gasteiger partial charge in [0.15, 0.2) is 11.5 Å². The van der Waals surface area contributed by atoms with E-state index in [0.29, 0.717) is 66.8 Å². The predicted octanol–water partition coefficient (Wildman–Crippen LogP) is 5.08. The third-order valence-corrected chi connectivity index (χ3v) is 8.42. The van der Waals surface area contributed by atoms with Gasteiger partial charge in [-0.3, -0.25) is 14.6 Å². The zero-order valence-electron chi connectivity index (χ0n) is 26.9. The van der Waals surface area contributed by atoms with E-state index in [4.69, 9.17) is 19.9 Å². The van der Waals surface area contributed by atoms with E-state index in [-0.39, 0.29) is 29.7 Å². The van der Waals surface area contributed by atoms with Gasteiger partial charge in [-0.15, -0.1) is 0 Å². The fraction of sp³-hybridized carbons (Fsp3) is 0.294. The van der Waals surface area contributed by atoms with Gasteiger partial charge >= 0.3 is 6.18 Å². The van der Waals surface area contributed by atoms with Crippen molar-refractivity contribution < 1.29 is 36.6 Å². The zero-order valence-corrected chi connectivity index (χ0v) is 26.9. The SMILES string of the molecule is COc1cc(Cc2cnc(N=C3C(=O)N(CN4CCN(c5cccc(C(F)(F)F)c5)CC4)c4ccc(F)cc43)nc2N)cc(OC)c1OC. The van der Waals surface area contributed by atoms with Gasteiger partial charge in [-0.1, -0.05) is 6.07 Å². The summed E-state index contributed by atoms with van der Waals surface area (Å²) in [5.74, 6) is 0.471. The summed E-state index contributed by atoms with van der Waals surface area (Å²) in [4.78, 5) is 32.2. The Morgan fingerprint density at radius 2 is 1.65 bits per heavy atom. The van der Waals surface area contributed by atoms with Crippen LogP contribution in [0.25, 0.3) is 0 Å². The topological polar surface area (TPSA) is 119 Å². The minimum atomic E-state index is -4.43. The van der Waals surface area contributed by atoms with Crippen molar-refractivity contribution in [2.45, 2.75) is 12.6 Å². The van der Waals surface area contributed by atoms with Crippen LogP contribution in [0.1, 0.15) is 22.3 Å². The first-order chi connectivity index (χ1) is 23.5. The van der Waals surface area contributed by atoms with Crippen molar-refractivity contribution in [2.75, 3.05) is 69.7 Å². The van der Waals surface area contributed by atoms with Crippen LogP contribution in [0.3, 0.4) is 0 Å². The summed E-state index contributed by atoms with van der Waals surface area (Å²) >= 11 is 0. The van der Waals surface area contributed by atoms with Gasteiger partial charge in [0.1, 0.15) is 17.3 Å². The highest BCUT2D eigenvalue weighted by atomic mass is 19.4. The van der Waals surface area contributed by atoms with Gasteiger partial charge in [-0.05, 0) is 54.1 Å². The fourth-order valence-electron chi connectivity index (χ4n) is 5.92. The van der Waals surface area contributed by atoms with E-state index in [1.54, 1.807) is 18.2 Å². The second-order valence-corrected chi connectivity index (χ2v) is 11.4. The molecule has 3 aromatic carbocycles. The van der Waals surface area contributed by atoms with Crippen molar-refractivity contribution in [1.29, 1.82) is 0 Å². The van der Waals surface area contributed by atoms with Crippen LogP contribution in [-0.2, 0) is 17.4 Å². The summed E-state index contributed by atoms with van der Waals surface area (Å²) < 4.78 is 70.4. The Morgan fingerprint density at radius 3 is 2.29 bits per heavy atom. The summed E-state index contributed by atoms with van der Waals surface area (Å²) in [6, 6.07) is 12.8. The van der Waals surface area contributed by atoms with Crippen LogP contribution in [-0.4, -0.2) is 80.7 Å². The number of rotatable bonds is 9. The first kappa shape index (κ1) is 33.5. The number of benzene rings is 3. The summed E-state index contributed by atoms with van der Waals surface area (Å²) in [6.45, 7) is 2.04. The zero-order chi connectivity index (χ0) is 34.9. The molecule has 1 saturated heterocycles. The van der Waals surface area contributed by atoms with E-state index in [9.17, 15) is 22.4 Å². The van der Waals surface area contributed by atoms with Gasteiger partial charge in [0, 0.05) is 55.6 Å². The minimum absolute atomic E-state index is 0.0334. The number of piperazine rings is 1. The van der Waals surface area contributed by atoms with E-state index in [0.717, 1.165) is 17.7 Å². The smallest absolute Gasteiger partial charge is 0.416 e. The number of aliphatic imine (C=N–C) groups is 1. The molecule has 0 atom stereocenters. The molecule has 256 valence electrons. The van der Waals surface area contributed by atoms with Crippen LogP contribution in [0.4, 0.5) is 40.7 Å². The number of nitrogens with two attached hydrogens (primary N) is 1. The van der Waals surface area contributed by atoms with E-state index in [1.165, 1.54) is 56.7 Å². The van der Waals surface area contributed by atoms with Crippen LogP contribution in [0.2, 0.25) is 0 Å². The van der Waals surface area contributed by atoms with Gasteiger partial charge in [0.2, 0.25) is 5.75 Å². The Bertz CT molecular complexity index is 1890. The Balaban J connectivity index is 1.19. The van der Waals surface area contributed by atoms with Crippen molar-refractivity contribution in [3.8, 4) is 17.2 Å². The number of methoxy groups -OCH3 is 3. The molecule has 0 spiro atoms. The highest BCUT2D eigenvalue weighted by Crippen LogP contribution is 2.39. The number of ether oxygens (including phenoxy) is 3. The maximum atomic E-state index is 14.4. The molecule has 2 aliphatic rings. The van der Waals surface area contributed by atoms with E-state index in [2.05, 4.69) is 15.0 Å². The number of fused-ring (bicyclic) bond motifs is 1. The average molecular weight is 680 g/mol. The monoisotopic (exact) mass is 679 g/mol. The maximum absolute atomic E-state index is 14.4. The van der Waals surface area contributed by atoms with Crippen molar-refractivity contribution in [3.05, 3.63) is 88.9 Å². The van der Waals surface area contributed by atoms with Gasteiger partial charge in [-0.25, -0.2) is 14.4 Å². The molecule has 0 aliphatic carbocycles. The Morgan fingerprint density at radius 1 is 0.939 bits per heavy atom. The highest BCUT2D eigenvalue weighted by molar-refractivity contribution is 6.54. The normalized spacial score (nSPS) is 15.9. The van der Waals surface area contributed by atoms with Gasteiger partial charge in [0.05, 0.1) is 39.2 Å². The quantitative estimate of drug-likeness (QED) is 0.242. The number of nitrogens with zero attached hydrogens (tertiary/aromatic N) is 6. The highest BCUT2D eigenvalue weighted by Gasteiger charge is 2.36. The van der Waals surface area contributed by atoms with Crippen LogP contribution in [0.15, 0.2) is 65.8 Å². The van der Waals surface area contributed by atoms with Crippen molar-refractivity contribution in [1.82, 2.24) is 14.9 Å². The van der Waals surface area contributed by atoms with Crippen LogP contribution < -0.4 is 29.7 Å². The fourth-order valence-corrected chi connectivity index (χ4v) is 5.92. The number of hydrogen-bond donors (Lipinski definition) is 1. The minimum Gasteiger partial charge on any atom is -0.493 e. The number of carbonyl (C=O) groups excluding carboxylic acids is 1. The Kier molecular flexibility index (Phi) is 9.28. The number of amides is 1. The van der Waals surface area contributed by atoms with Crippen LogP contribution in [0, 0.1) is 5.82 Å². The molecular weight excluding hydrogens is 646 g/mol. The van der Waals surface area contributed by atoms with Crippen LogP contribution in [0.5, 0.6) is 17.2 Å². The van der Waals surface area contributed by atoms with Crippen molar-refractivity contribution >= 4 is 34.8 Å². The third-order valence-electron chi connectivity index (χ3n) is 8.42. The molecule has 0 unspecified atom stereocenters. The summed E-state index contributed by atoms with van der Waals surface area (Å²) in [5, 5.41) is 0. The molecule has 0 bridgehead atoms. The molecule has 0 saturated carbocycles. The number of anilines is 3.